The lowest BCUT2D eigenvalue weighted by Gasteiger charge is -2.23. The zero-order valence-corrected chi connectivity index (χ0v) is 29.0. The highest BCUT2D eigenvalue weighted by atomic mass is 14.9. The molecule has 1 N–H and O–H groups in total. The molecule has 1 heteroatoms. The average molecular weight is 642 g/mol. The van der Waals surface area contributed by atoms with Gasteiger partial charge in [-0.1, -0.05) is 129 Å². The van der Waals surface area contributed by atoms with Crippen molar-refractivity contribution in [2.24, 2.45) is 0 Å². The fourth-order valence-corrected chi connectivity index (χ4v) is 8.09. The van der Waals surface area contributed by atoms with Crippen molar-refractivity contribution >= 4 is 32.9 Å². The molecule has 0 heterocycles. The first-order chi connectivity index (χ1) is 24.3. The van der Waals surface area contributed by atoms with E-state index in [9.17, 15) is 0 Å². The van der Waals surface area contributed by atoms with Gasteiger partial charge in [0.05, 0.1) is 0 Å². The third-order valence-corrected chi connectivity index (χ3v) is 10.9. The minimum atomic E-state index is -0.106. The molecule has 0 aliphatic heterocycles. The Hall–Kier alpha value is -5.92. The Labute approximate surface area is 294 Å². The Morgan fingerprint density at radius 2 is 0.780 bits per heavy atom. The SMILES string of the molecule is Cc1cc(Nc2ccc3c(c2)C(C)(C)c2cc(-c4ccc5ccccc5c4)ccc2-3)ccc1-c1ccc(-c2ccc3ccccc3c2)cc1C. The van der Waals surface area contributed by atoms with Crippen molar-refractivity contribution in [1.82, 2.24) is 0 Å². The van der Waals surface area contributed by atoms with Crippen LogP contribution in [0.1, 0.15) is 36.1 Å². The van der Waals surface area contributed by atoms with Crippen molar-refractivity contribution in [2.45, 2.75) is 33.1 Å². The largest absolute Gasteiger partial charge is 0.356 e. The maximum Gasteiger partial charge on any atom is 0.0387 e. The second kappa shape index (κ2) is 11.6. The monoisotopic (exact) mass is 641 g/mol. The lowest BCUT2D eigenvalue weighted by atomic mass is 9.81. The van der Waals surface area contributed by atoms with E-state index in [2.05, 4.69) is 191 Å². The summed E-state index contributed by atoms with van der Waals surface area (Å²) < 4.78 is 0. The van der Waals surface area contributed by atoms with Gasteiger partial charge < -0.3 is 5.32 Å². The van der Waals surface area contributed by atoms with Crippen LogP contribution in [-0.4, -0.2) is 0 Å². The van der Waals surface area contributed by atoms with Crippen LogP contribution in [0, 0.1) is 13.8 Å². The van der Waals surface area contributed by atoms with Crippen LogP contribution in [-0.2, 0) is 5.41 Å². The molecule has 0 spiro atoms. The second-order valence-electron chi connectivity index (χ2n) is 14.5. The molecule has 0 fully saturated rings. The maximum atomic E-state index is 3.73. The van der Waals surface area contributed by atoms with E-state index in [1.165, 1.54) is 88.3 Å². The molecule has 0 radical (unpaired) electrons. The van der Waals surface area contributed by atoms with E-state index in [1.54, 1.807) is 0 Å². The van der Waals surface area contributed by atoms with Crippen molar-refractivity contribution in [2.75, 3.05) is 5.32 Å². The van der Waals surface area contributed by atoms with Gasteiger partial charge in [0.1, 0.15) is 0 Å². The lowest BCUT2D eigenvalue weighted by Crippen LogP contribution is -2.15. The van der Waals surface area contributed by atoms with E-state index >= 15 is 0 Å². The molecule has 8 aromatic carbocycles. The highest BCUT2D eigenvalue weighted by Crippen LogP contribution is 2.50. The van der Waals surface area contributed by atoms with Crippen LogP contribution < -0.4 is 5.32 Å². The van der Waals surface area contributed by atoms with Crippen molar-refractivity contribution < 1.29 is 0 Å². The summed E-state index contributed by atoms with van der Waals surface area (Å²) in [5.41, 5.74) is 17.6. The van der Waals surface area contributed by atoms with Gasteiger partial charge in [-0.2, -0.15) is 0 Å². The van der Waals surface area contributed by atoms with Crippen LogP contribution in [0.4, 0.5) is 11.4 Å². The molecule has 1 nitrogen and oxygen atoms in total. The lowest BCUT2D eigenvalue weighted by molar-refractivity contribution is 0.661. The molecule has 1 aliphatic rings. The molecule has 1 aliphatic carbocycles. The molecule has 50 heavy (non-hydrogen) atoms. The fraction of sp³-hybridized carbons (Fsp3) is 0.102. The Morgan fingerprint density at radius 1 is 0.360 bits per heavy atom. The van der Waals surface area contributed by atoms with Crippen LogP contribution >= 0.6 is 0 Å². The molecule has 0 bridgehead atoms. The predicted molar refractivity (Wildman–Crippen MR) is 215 cm³/mol. The third kappa shape index (κ3) is 5.09. The van der Waals surface area contributed by atoms with Gasteiger partial charge in [-0.25, -0.2) is 0 Å². The Balaban J connectivity index is 0.969. The minimum Gasteiger partial charge on any atom is -0.356 e. The summed E-state index contributed by atoms with van der Waals surface area (Å²) in [5, 5.41) is 8.83. The number of anilines is 2. The molecule has 240 valence electrons. The molecular formula is C49H39N. The van der Waals surface area contributed by atoms with Gasteiger partial charge in [0.2, 0.25) is 0 Å². The summed E-state index contributed by atoms with van der Waals surface area (Å²) in [6, 6.07) is 58.1. The molecular weight excluding hydrogens is 603 g/mol. The molecule has 0 saturated heterocycles. The number of hydrogen-bond acceptors (Lipinski definition) is 1. The van der Waals surface area contributed by atoms with Gasteiger partial charge in [0.25, 0.3) is 0 Å². The predicted octanol–water partition coefficient (Wildman–Crippen LogP) is 13.7. The summed E-state index contributed by atoms with van der Waals surface area (Å²) >= 11 is 0. The first kappa shape index (κ1) is 30.2. The number of aryl methyl sites for hydroxylation is 2. The summed E-state index contributed by atoms with van der Waals surface area (Å²) in [6.45, 7) is 9.16. The Kier molecular flexibility index (Phi) is 7.00. The van der Waals surface area contributed by atoms with E-state index in [1.807, 2.05) is 0 Å². The standard InChI is InChI=1S/C49H39N/c1-31-25-37(38-15-13-33-9-5-7-11-35(33)27-38)17-21-43(31)44-23-19-41(26-32(44)2)50-42-20-24-46-45-22-18-40(29-47(45)49(3,4)48(46)30-42)39-16-14-34-10-6-8-12-36(34)28-39/h5-30,50H,1-4H3. The van der Waals surface area contributed by atoms with E-state index in [4.69, 9.17) is 0 Å². The molecule has 0 amide bonds. The zero-order chi connectivity index (χ0) is 34.0. The quantitative estimate of drug-likeness (QED) is 0.197. The summed E-state index contributed by atoms with van der Waals surface area (Å²) in [5.74, 6) is 0. The normalized spacial score (nSPS) is 13.0. The van der Waals surface area contributed by atoms with Crippen LogP contribution in [0.5, 0.6) is 0 Å². The summed E-state index contributed by atoms with van der Waals surface area (Å²) in [7, 11) is 0. The summed E-state index contributed by atoms with van der Waals surface area (Å²) in [6.07, 6.45) is 0. The topological polar surface area (TPSA) is 12.0 Å². The Bertz CT molecular complexity index is 2620. The van der Waals surface area contributed by atoms with E-state index in [0.29, 0.717) is 0 Å². The number of rotatable bonds is 5. The number of benzene rings is 8. The van der Waals surface area contributed by atoms with Crippen molar-refractivity contribution in [3.8, 4) is 44.5 Å². The zero-order valence-electron chi connectivity index (χ0n) is 29.0. The van der Waals surface area contributed by atoms with Crippen LogP contribution in [0.15, 0.2) is 158 Å². The van der Waals surface area contributed by atoms with Gasteiger partial charge in [-0.3, -0.25) is 0 Å². The van der Waals surface area contributed by atoms with E-state index in [0.717, 1.165) is 11.4 Å². The van der Waals surface area contributed by atoms with Crippen molar-refractivity contribution in [3.63, 3.8) is 0 Å². The minimum absolute atomic E-state index is 0.106. The summed E-state index contributed by atoms with van der Waals surface area (Å²) in [4.78, 5) is 0. The molecule has 0 aromatic heterocycles. The van der Waals surface area contributed by atoms with Crippen LogP contribution in [0.3, 0.4) is 0 Å². The number of fused-ring (bicyclic) bond motifs is 5. The molecule has 0 unspecified atom stereocenters. The average Bonchev–Trinajstić information content (AvgIpc) is 3.36. The molecule has 8 aromatic rings. The first-order valence-corrected chi connectivity index (χ1v) is 17.6. The molecule has 9 rings (SSSR count). The van der Waals surface area contributed by atoms with Crippen LogP contribution in [0.2, 0.25) is 0 Å². The smallest absolute Gasteiger partial charge is 0.0387 e. The van der Waals surface area contributed by atoms with Gasteiger partial charge in [0.15, 0.2) is 0 Å². The van der Waals surface area contributed by atoms with Gasteiger partial charge in [-0.15, -0.1) is 0 Å². The van der Waals surface area contributed by atoms with Crippen molar-refractivity contribution in [3.05, 3.63) is 180 Å². The van der Waals surface area contributed by atoms with Crippen LogP contribution in [0.25, 0.3) is 66.1 Å². The van der Waals surface area contributed by atoms with Gasteiger partial charge in [0, 0.05) is 16.8 Å². The van der Waals surface area contributed by atoms with Gasteiger partial charge in [-0.05, 0) is 145 Å². The number of nitrogens with one attached hydrogen (secondary N) is 1. The highest BCUT2D eigenvalue weighted by Gasteiger charge is 2.35. The molecule has 0 saturated carbocycles. The second-order valence-corrected chi connectivity index (χ2v) is 14.5. The number of hydrogen-bond donors (Lipinski definition) is 1. The Morgan fingerprint density at radius 3 is 1.36 bits per heavy atom. The fourth-order valence-electron chi connectivity index (χ4n) is 8.09. The van der Waals surface area contributed by atoms with Gasteiger partial charge >= 0.3 is 0 Å². The maximum absolute atomic E-state index is 3.73. The molecule has 0 atom stereocenters. The van der Waals surface area contributed by atoms with E-state index < -0.39 is 0 Å². The van der Waals surface area contributed by atoms with Crippen molar-refractivity contribution in [1.29, 1.82) is 0 Å². The highest BCUT2D eigenvalue weighted by molar-refractivity contribution is 5.90. The van der Waals surface area contributed by atoms with E-state index in [-0.39, 0.29) is 5.41 Å². The first-order valence-electron chi connectivity index (χ1n) is 17.6. The third-order valence-electron chi connectivity index (χ3n) is 10.9.